The molecule has 2 nitrogen and oxygen atoms in total. The Labute approximate surface area is 72.1 Å². The van der Waals surface area contributed by atoms with Gasteiger partial charge in [0.15, 0.2) is 0 Å². The molecule has 0 aliphatic carbocycles. The molecular weight excluding hydrogens is 148 g/mol. The van der Waals surface area contributed by atoms with Gasteiger partial charge < -0.3 is 5.73 Å². The largest absolute Gasteiger partial charge is 0.321 e. The number of nitrogens with two attached hydrogens (primary N) is 1. The van der Waals surface area contributed by atoms with Crippen LogP contribution in [-0.2, 0) is 0 Å². The summed E-state index contributed by atoms with van der Waals surface area (Å²) in [6.45, 7) is 3.59. The van der Waals surface area contributed by atoms with Crippen LogP contribution in [-0.4, -0.2) is 4.98 Å². The fraction of sp³-hybridized carbons (Fsp3) is 0.100. The van der Waals surface area contributed by atoms with Crippen LogP contribution in [0.15, 0.2) is 31.0 Å². The first-order valence-electron chi connectivity index (χ1n) is 3.59. The first kappa shape index (κ1) is 8.51. The number of aromatic nitrogens is 1. The molecule has 2 heteroatoms. The number of hydrogen-bond acceptors (Lipinski definition) is 2. The van der Waals surface area contributed by atoms with E-state index in [-0.39, 0.29) is 6.04 Å². The van der Waals surface area contributed by atoms with Gasteiger partial charge in [-0.3, -0.25) is 0 Å². The predicted molar refractivity (Wildman–Crippen MR) is 49.3 cm³/mol. The third-order valence-electron chi connectivity index (χ3n) is 1.59. The van der Waals surface area contributed by atoms with E-state index >= 15 is 0 Å². The average molecular weight is 158 g/mol. The van der Waals surface area contributed by atoms with Crippen LogP contribution in [0.5, 0.6) is 0 Å². The standard InChI is InChI=1S/C10H10N2/c1-3-9(11)8-6-5-7-12-10(8)4-2/h2-3,5-7,9H,1,11H2/t9-/m1/s1. The summed E-state index contributed by atoms with van der Waals surface area (Å²) in [5, 5.41) is 0. The molecule has 0 saturated heterocycles. The van der Waals surface area contributed by atoms with Crippen molar-refractivity contribution in [3.8, 4) is 12.3 Å². The Morgan fingerprint density at radius 1 is 1.75 bits per heavy atom. The van der Waals surface area contributed by atoms with Crippen LogP contribution in [0.2, 0.25) is 0 Å². The Kier molecular flexibility index (Phi) is 2.62. The average Bonchev–Trinajstić information content (AvgIpc) is 2.16. The second-order valence-corrected chi connectivity index (χ2v) is 2.35. The van der Waals surface area contributed by atoms with E-state index in [2.05, 4.69) is 17.5 Å². The second-order valence-electron chi connectivity index (χ2n) is 2.35. The zero-order valence-electron chi connectivity index (χ0n) is 6.70. The number of terminal acetylenes is 1. The highest BCUT2D eigenvalue weighted by molar-refractivity contribution is 5.36. The van der Waals surface area contributed by atoms with E-state index in [1.54, 1.807) is 18.3 Å². The fourth-order valence-corrected chi connectivity index (χ4v) is 0.934. The monoisotopic (exact) mass is 158 g/mol. The molecule has 0 amide bonds. The number of pyridine rings is 1. The quantitative estimate of drug-likeness (QED) is 0.519. The van der Waals surface area contributed by atoms with Gasteiger partial charge in [0, 0.05) is 11.8 Å². The minimum atomic E-state index is -0.232. The zero-order chi connectivity index (χ0) is 8.97. The summed E-state index contributed by atoms with van der Waals surface area (Å²) >= 11 is 0. The summed E-state index contributed by atoms with van der Waals surface area (Å²) in [5.74, 6) is 2.47. The maximum absolute atomic E-state index is 5.72. The molecule has 0 bridgehead atoms. The van der Waals surface area contributed by atoms with Gasteiger partial charge in [-0.05, 0) is 12.0 Å². The fourth-order valence-electron chi connectivity index (χ4n) is 0.934. The van der Waals surface area contributed by atoms with Crippen LogP contribution in [0, 0.1) is 12.3 Å². The van der Waals surface area contributed by atoms with Crippen molar-refractivity contribution < 1.29 is 0 Å². The van der Waals surface area contributed by atoms with Gasteiger partial charge in [-0.15, -0.1) is 13.0 Å². The molecule has 60 valence electrons. The Morgan fingerprint density at radius 2 is 2.50 bits per heavy atom. The molecule has 1 heterocycles. The third kappa shape index (κ3) is 1.52. The Morgan fingerprint density at radius 3 is 3.08 bits per heavy atom. The molecule has 0 aromatic carbocycles. The van der Waals surface area contributed by atoms with Gasteiger partial charge in [0.2, 0.25) is 0 Å². The van der Waals surface area contributed by atoms with Crippen LogP contribution in [0.1, 0.15) is 17.3 Å². The van der Waals surface area contributed by atoms with Crippen LogP contribution in [0.4, 0.5) is 0 Å². The van der Waals surface area contributed by atoms with Crippen molar-refractivity contribution in [1.82, 2.24) is 4.98 Å². The normalized spacial score (nSPS) is 11.7. The van der Waals surface area contributed by atoms with Crippen molar-refractivity contribution >= 4 is 0 Å². The van der Waals surface area contributed by atoms with Gasteiger partial charge in [0.1, 0.15) is 5.69 Å². The maximum Gasteiger partial charge on any atom is 0.117 e. The molecule has 1 aromatic heterocycles. The number of nitrogens with zero attached hydrogens (tertiary/aromatic N) is 1. The van der Waals surface area contributed by atoms with Gasteiger partial charge in [-0.2, -0.15) is 0 Å². The van der Waals surface area contributed by atoms with Crippen LogP contribution in [0.25, 0.3) is 0 Å². The van der Waals surface area contributed by atoms with Crippen LogP contribution >= 0.6 is 0 Å². The van der Waals surface area contributed by atoms with Gasteiger partial charge >= 0.3 is 0 Å². The molecule has 2 N–H and O–H groups in total. The number of hydrogen-bond donors (Lipinski definition) is 1. The summed E-state index contributed by atoms with van der Waals surface area (Å²) < 4.78 is 0. The SMILES string of the molecule is C#Cc1ncccc1[C@H](N)C=C. The molecular formula is C10H10N2. The van der Waals surface area contributed by atoms with E-state index in [1.807, 2.05) is 6.07 Å². The smallest absolute Gasteiger partial charge is 0.117 e. The minimum Gasteiger partial charge on any atom is -0.321 e. The van der Waals surface area contributed by atoms with Gasteiger partial charge in [-0.25, -0.2) is 4.98 Å². The summed E-state index contributed by atoms with van der Waals surface area (Å²) in [6, 6.07) is 3.43. The minimum absolute atomic E-state index is 0.232. The van der Waals surface area contributed by atoms with Crippen molar-refractivity contribution in [2.24, 2.45) is 5.73 Å². The van der Waals surface area contributed by atoms with Crippen LogP contribution in [0.3, 0.4) is 0 Å². The lowest BCUT2D eigenvalue weighted by molar-refractivity contribution is 0.898. The van der Waals surface area contributed by atoms with Gasteiger partial charge in [0.25, 0.3) is 0 Å². The molecule has 0 radical (unpaired) electrons. The van der Waals surface area contributed by atoms with E-state index in [0.717, 1.165) is 5.56 Å². The molecule has 0 unspecified atom stereocenters. The van der Waals surface area contributed by atoms with E-state index in [9.17, 15) is 0 Å². The Hall–Kier alpha value is -1.59. The van der Waals surface area contributed by atoms with E-state index < -0.39 is 0 Å². The zero-order valence-corrected chi connectivity index (χ0v) is 6.70. The summed E-state index contributed by atoms with van der Waals surface area (Å²) in [6.07, 6.45) is 8.52. The molecule has 0 aliphatic heterocycles. The summed E-state index contributed by atoms with van der Waals surface area (Å²) in [7, 11) is 0. The Bertz CT molecular complexity index is 323. The van der Waals surface area contributed by atoms with E-state index in [4.69, 9.17) is 12.2 Å². The molecule has 1 rings (SSSR count). The second kappa shape index (κ2) is 3.70. The molecule has 0 saturated carbocycles. The molecule has 0 fully saturated rings. The number of rotatable bonds is 2. The summed E-state index contributed by atoms with van der Waals surface area (Å²) in [4.78, 5) is 4.00. The first-order chi connectivity index (χ1) is 5.79. The van der Waals surface area contributed by atoms with Gasteiger partial charge in [-0.1, -0.05) is 12.1 Å². The molecule has 0 aliphatic rings. The van der Waals surface area contributed by atoms with Crippen molar-refractivity contribution in [2.45, 2.75) is 6.04 Å². The topological polar surface area (TPSA) is 38.9 Å². The molecule has 1 aromatic rings. The van der Waals surface area contributed by atoms with Crippen LogP contribution < -0.4 is 5.73 Å². The lowest BCUT2D eigenvalue weighted by Crippen LogP contribution is -2.09. The first-order valence-corrected chi connectivity index (χ1v) is 3.59. The third-order valence-corrected chi connectivity index (χ3v) is 1.59. The predicted octanol–water partition coefficient (Wildman–Crippen LogP) is 1.25. The van der Waals surface area contributed by atoms with Crippen molar-refractivity contribution in [2.75, 3.05) is 0 Å². The summed E-state index contributed by atoms with van der Waals surface area (Å²) in [5.41, 5.74) is 7.15. The molecule has 1 atom stereocenters. The molecule has 12 heavy (non-hydrogen) atoms. The Balaban J connectivity index is 3.15. The lowest BCUT2D eigenvalue weighted by Gasteiger charge is -2.07. The van der Waals surface area contributed by atoms with Crippen molar-refractivity contribution in [3.63, 3.8) is 0 Å². The van der Waals surface area contributed by atoms with Crippen molar-refractivity contribution in [3.05, 3.63) is 42.2 Å². The van der Waals surface area contributed by atoms with E-state index in [1.165, 1.54) is 0 Å². The van der Waals surface area contributed by atoms with E-state index in [0.29, 0.717) is 5.69 Å². The maximum atomic E-state index is 5.72. The highest BCUT2D eigenvalue weighted by Gasteiger charge is 2.05. The lowest BCUT2D eigenvalue weighted by atomic mass is 10.1. The molecule has 0 spiro atoms. The van der Waals surface area contributed by atoms with Gasteiger partial charge in [0.05, 0.1) is 6.04 Å². The van der Waals surface area contributed by atoms with Crippen molar-refractivity contribution in [1.29, 1.82) is 0 Å². The highest BCUT2D eigenvalue weighted by Crippen LogP contribution is 2.13. The highest BCUT2D eigenvalue weighted by atomic mass is 14.7.